The second-order valence-corrected chi connectivity index (χ2v) is 7.68. The summed E-state index contributed by atoms with van der Waals surface area (Å²) in [6, 6.07) is 3.56. The summed E-state index contributed by atoms with van der Waals surface area (Å²) in [5.74, 6) is 0.133. The first kappa shape index (κ1) is 12.5. The predicted molar refractivity (Wildman–Crippen MR) is 65.7 cm³/mol. The third kappa shape index (κ3) is 3.04. The van der Waals surface area contributed by atoms with Crippen LogP contribution in [0, 0.1) is 0 Å². The third-order valence-electron chi connectivity index (χ3n) is 2.53. The number of hydrogen-bond acceptors (Lipinski definition) is 3. The predicted octanol–water partition coefficient (Wildman–Crippen LogP) is -1.81. The number of carbonyl (C=O) groups is 1. The van der Waals surface area contributed by atoms with E-state index in [9.17, 15) is 4.79 Å². The number of halogens is 2. The quantitative estimate of drug-likeness (QED) is 0.399. The van der Waals surface area contributed by atoms with Gasteiger partial charge >= 0.3 is 116 Å². The Kier molecular flexibility index (Phi) is 4.77. The van der Waals surface area contributed by atoms with Gasteiger partial charge in [-0.2, -0.15) is 0 Å². The van der Waals surface area contributed by atoms with E-state index >= 15 is 0 Å². The Morgan fingerprint density at radius 1 is 1.25 bits per heavy atom. The van der Waals surface area contributed by atoms with E-state index in [0.717, 1.165) is 31.7 Å². The van der Waals surface area contributed by atoms with Crippen molar-refractivity contribution < 1.29 is 22.3 Å². The molecule has 4 nitrogen and oxygen atoms in total. The Morgan fingerprint density at radius 2 is 1.88 bits per heavy atom. The topological polar surface area (TPSA) is 36.4 Å². The van der Waals surface area contributed by atoms with Crippen LogP contribution in [0.25, 0.3) is 0 Å². The van der Waals surface area contributed by atoms with Crippen molar-refractivity contribution in [1.82, 2.24) is 13.0 Å². The average molecular weight is 444 g/mol. The van der Waals surface area contributed by atoms with Crippen molar-refractivity contribution in [2.24, 2.45) is 0 Å². The number of pyridine rings is 1. The minimum atomic E-state index is 0.133. The van der Waals surface area contributed by atoms with Crippen LogP contribution in [0.2, 0.25) is 0 Å². The summed E-state index contributed by atoms with van der Waals surface area (Å²) in [6.45, 7) is 3.74. The Hall–Kier alpha value is 0.0400. The molecule has 1 saturated heterocycles. The van der Waals surface area contributed by atoms with Crippen LogP contribution in [0.3, 0.4) is 0 Å². The molecule has 1 aromatic rings. The van der Waals surface area contributed by atoms with Gasteiger partial charge < -0.3 is 0 Å². The van der Waals surface area contributed by atoms with E-state index in [1.165, 1.54) is 0 Å². The number of rotatable bonds is 2. The van der Waals surface area contributed by atoms with E-state index in [4.69, 9.17) is 0 Å². The van der Waals surface area contributed by atoms with Crippen LogP contribution in [0.1, 0.15) is 10.4 Å². The van der Waals surface area contributed by atoms with Crippen molar-refractivity contribution in [3.8, 4) is 0 Å². The van der Waals surface area contributed by atoms with Crippen molar-refractivity contribution >= 4 is 24.5 Å². The third-order valence-corrected chi connectivity index (χ3v) is 7.47. The number of aromatic nitrogens is 1. The molecule has 0 radical (unpaired) electrons. The molecule has 1 amide bonds. The monoisotopic (exact) mass is 444 g/mol. The zero-order valence-corrected chi connectivity index (χ0v) is 13.0. The van der Waals surface area contributed by atoms with E-state index in [1.54, 1.807) is 24.5 Å². The molecule has 0 aromatic carbocycles. The van der Waals surface area contributed by atoms with Gasteiger partial charge in [-0.3, -0.25) is 0 Å². The molecule has 0 atom stereocenters. The van der Waals surface area contributed by atoms with E-state index in [2.05, 4.69) is 26.7 Å². The standard InChI is InChI=1S/C10H12I2N3O/c11-12-15-7-5-14(6-8-15)10(16)9-1-3-13-4-2-9/h1-4H,5-8H2/q-1. The van der Waals surface area contributed by atoms with Crippen molar-refractivity contribution in [1.29, 1.82) is 0 Å². The summed E-state index contributed by atoms with van der Waals surface area (Å²) in [6.07, 6.45) is 3.33. The molecule has 1 fully saturated rings. The van der Waals surface area contributed by atoms with Gasteiger partial charge in [0.05, 0.1) is 0 Å². The molecule has 16 heavy (non-hydrogen) atoms. The number of nitrogens with zero attached hydrogens (tertiary/aromatic N) is 3. The van der Waals surface area contributed by atoms with Crippen LogP contribution >= 0.6 is 18.6 Å². The Labute approximate surface area is 115 Å². The van der Waals surface area contributed by atoms with Crippen molar-refractivity contribution in [3.63, 3.8) is 0 Å². The van der Waals surface area contributed by atoms with Gasteiger partial charge in [-0.1, -0.05) is 0 Å². The van der Waals surface area contributed by atoms with E-state index in [1.807, 2.05) is 4.90 Å². The van der Waals surface area contributed by atoms with Crippen LogP contribution in [-0.2, 0) is 0 Å². The molecular formula is C10H12I2N3O-. The van der Waals surface area contributed by atoms with Crippen LogP contribution in [0.4, 0.5) is 0 Å². The zero-order chi connectivity index (χ0) is 11.4. The Balaban J connectivity index is 1.97. The first-order chi connectivity index (χ1) is 7.81. The maximum absolute atomic E-state index is 12.1. The molecule has 1 aliphatic rings. The number of carbonyl (C=O) groups excluding carboxylic acids is 1. The second-order valence-electron chi connectivity index (χ2n) is 3.50. The Bertz CT molecular complexity index is 352. The number of piperazine rings is 1. The van der Waals surface area contributed by atoms with Crippen LogP contribution in [-0.4, -0.2) is 45.1 Å². The van der Waals surface area contributed by atoms with Crippen LogP contribution < -0.4 is 17.5 Å². The molecule has 0 saturated carbocycles. The maximum atomic E-state index is 12.1. The molecule has 0 aliphatic carbocycles. The summed E-state index contributed by atoms with van der Waals surface area (Å²) in [5.41, 5.74) is 0.743. The number of hydrogen-bond donors (Lipinski definition) is 0. The summed E-state index contributed by atoms with van der Waals surface area (Å²) >= 11 is 2.61. The molecule has 0 spiro atoms. The first-order valence-corrected chi connectivity index (χ1v) is 12.3. The summed E-state index contributed by atoms with van der Waals surface area (Å²) < 4.78 is 2.45. The van der Waals surface area contributed by atoms with Gasteiger partial charge in [-0.15, -0.1) is 0 Å². The van der Waals surface area contributed by atoms with Gasteiger partial charge in [0.15, 0.2) is 0 Å². The van der Waals surface area contributed by atoms with Gasteiger partial charge in [0.1, 0.15) is 0 Å². The van der Waals surface area contributed by atoms with Crippen LogP contribution in [0.15, 0.2) is 24.5 Å². The fraction of sp³-hybridized carbons (Fsp3) is 0.400. The van der Waals surface area contributed by atoms with Crippen molar-refractivity contribution in [2.75, 3.05) is 26.2 Å². The number of amides is 1. The minimum absolute atomic E-state index is 0.133. The summed E-state index contributed by atoms with van der Waals surface area (Å²) in [4.78, 5) is 17.9. The fourth-order valence-corrected chi connectivity index (χ4v) is 4.87. The van der Waals surface area contributed by atoms with Gasteiger partial charge in [-0.05, 0) is 0 Å². The molecule has 6 heteroatoms. The van der Waals surface area contributed by atoms with Crippen molar-refractivity contribution in [3.05, 3.63) is 30.1 Å². The molecule has 1 aromatic heterocycles. The normalized spacial score (nSPS) is 17.7. The fourth-order valence-electron chi connectivity index (χ4n) is 1.63. The first-order valence-electron chi connectivity index (χ1n) is 5.01. The summed E-state index contributed by atoms with van der Waals surface area (Å²) in [5, 5.41) is 0. The van der Waals surface area contributed by atoms with Gasteiger partial charge in [-0.25, -0.2) is 0 Å². The molecule has 0 bridgehead atoms. The van der Waals surface area contributed by atoms with Crippen LogP contribution in [0.5, 0.6) is 0 Å². The van der Waals surface area contributed by atoms with Gasteiger partial charge in [0.2, 0.25) is 0 Å². The Morgan fingerprint density at radius 3 is 2.44 bits per heavy atom. The van der Waals surface area contributed by atoms with Gasteiger partial charge in [0, 0.05) is 0 Å². The van der Waals surface area contributed by atoms with E-state index < -0.39 is 0 Å². The molecule has 88 valence electrons. The summed E-state index contributed by atoms with van der Waals surface area (Å²) in [7, 11) is 0. The molecule has 2 rings (SSSR count). The molecular weight excluding hydrogens is 432 g/mol. The SMILES string of the molecule is O=C(c1ccncc1)N1CCN([I-]I)CC1. The molecule has 2 heterocycles. The van der Waals surface area contributed by atoms with Crippen molar-refractivity contribution in [2.45, 2.75) is 0 Å². The second kappa shape index (κ2) is 6.10. The van der Waals surface area contributed by atoms with E-state index in [0.29, 0.717) is 0 Å². The zero-order valence-electron chi connectivity index (χ0n) is 8.64. The van der Waals surface area contributed by atoms with Gasteiger partial charge in [0.25, 0.3) is 0 Å². The average Bonchev–Trinajstić information content (AvgIpc) is 2.39. The molecule has 1 aliphatic heterocycles. The molecule has 0 unspecified atom stereocenters. The molecule has 0 N–H and O–H groups in total. The van der Waals surface area contributed by atoms with E-state index in [-0.39, 0.29) is 23.4 Å².